The Kier molecular flexibility index (Phi) is 15.0. The van der Waals surface area contributed by atoms with Gasteiger partial charge in [0.1, 0.15) is 17.3 Å². The molecule has 0 saturated carbocycles. The molecule has 0 amide bonds. The third-order valence-electron chi connectivity index (χ3n) is 8.94. The fourth-order valence-corrected chi connectivity index (χ4v) is 6.98. The zero-order chi connectivity index (χ0) is 37.2. The summed E-state index contributed by atoms with van der Waals surface area (Å²) in [4.78, 5) is 35.7. The lowest BCUT2D eigenvalue weighted by Gasteiger charge is -2.32. The van der Waals surface area contributed by atoms with E-state index in [4.69, 9.17) is 28.9 Å². The van der Waals surface area contributed by atoms with Crippen LogP contribution in [0, 0.1) is 0 Å². The maximum atomic E-state index is 12.1. The molecule has 2 saturated heterocycles. The summed E-state index contributed by atoms with van der Waals surface area (Å²) in [5.74, 6) is 2.16. The van der Waals surface area contributed by atoms with Crippen LogP contribution in [0.2, 0.25) is 24.0 Å². The average molecular weight is 804 g/mol. The number of aryl methyl sites for hydroxylation is 2. The zero-order valence-electron chi connectivity index (χ0n) is 29.1. The largest absolute Gasteiger partial charge is 0.437 e. The molecule has 19 heteroatoms. The molecule has 6 rings (SSSR count). The molecule has 5 N–H and O–H groups in total. The molecule has 0 bridgehead atoms. The van der Waals surface area contributed by atoms with Crippen LogP contribution in [0.4, 0.5) is 17.3 Å². The van der Waals surface area contributed by atoms with Crippen molar-refractivity contribution in [1.29, 1.82) is 0 Å². The standard InChI is InChI=1S/C16H21BClN5O2.C11H18BN3O.C5H4BrClN2O/c1-17(25)23-7-5-11(6-8-23)12-3-4-15(19-10-12)20-13-9-14(18)21-22(2)16(13)24;1-12(16)15-6-4-9(5-7-15)10-2-3-11(13)14-8-10;1-9-5(10)3(6)2-4(7)8-9/h3-4,9-11,25H,5-8H2,1-2H3,(H,19,20);2-3,8-9,16H,4-7H2,1H3,(H2,13,14);2H,1H3. The van der Waals surface area contributed by atoms with Gasteiger partial charge in [0.2, 0.25) is 0 Å². The molecule has 2 aliphatic rings. The summed E-state index contributed by atoms with van der Waals surface area (Å²) >= 11 is 14.5. The SMILES string of the molecule is CB(O)N1CCC(c2ccc(N)nc2)CC1.CB(O)N1CCC(c2ccc(Nc3cc(Cl)nn(C)c3=O)nc2)CC1.Cn1nc(Cl)cc(Br)c1=O. The molecule has 51 heavy (non-hydrogen) atoms. The summed E-state index contributed by atoms with van der Waals surface area (Å²) in [6.07, 6.45) is 7.88. The van der Waals surface area contributed by atoms with Crippen molar-refractivity contribution in [3.05, 3.63) is 95.4 Å². The minimum Gasteiger partial charge on any atom is -0.437 e. The van der Waals surface area contributed by atoms with Crippen molar-refractivity contribution >= 4 is 70.6 Å². The third kappa shape index (κ3) is 11.9. The van der Waals surface area contributed by atoms with E-state index >= 15 is 0 Å². The maximum Gasteiger partial charge on any atom is 0.376 e. The predicted octanol–water partition coefficient (Wildman–Crippen LogP) is 4.01. The van der Waals surface area contributed by atoms with Crippen LogP contribution in [0.15, 0.2) is 62.9 Å². The molecule has 0 aliphatic carbocycles. The van der Waals surface area contributed by atoms with Crippen LogP contribution in [0.25, 0.3) is 0 Å². The molecule has 4 aromatic rings. The number of nitrogens with zero attached hydrogens (tertiary/aromatic N) is 8. The summed E-state index contributed by atoms with van der Waals surface area (Å²) in [5, 5.41) is 30.2. The molecule has 0 aromatic carbocycles. The molecule has 0 radical (unpaired) electrons. The van der Waals surface area contributed by atoms with Crippen molar-refractivity contribution in [2.24, 2.45) is 14.1 Å². The van der Waals surface area contributed by atoms with Crippen LogP contribution in [0.3, 0.4) is 0 Å². The van der Waals surface area contributed by atoms with Crippen LogP contribution in [-0.2, 0) is 14.1 Å². The molecule has 0 unspecified atom stereocenters. The van der Waals surface area contributed by atoms with Gasteiger partial charge in [-0.3, -0.25) is 9.59 Å². The Labute approximate surface area is 316 Å². The first-order valence-corrected chi connectivity index (χ1v) is 18.2. The summed E-state index contributed by atoms with van der Waals surface area (Å²) in [7, 11) is 2.38. The van der Waals surface area contributed by atoms with Gasteiger partial charge >= 0.3 is 14.1 Å². The Morgan fingerprint density at radius 1 is 0.784 bits per heavy atom. The number of anilines is 3. The molecule has 2 fully saturated rings. The number of aromatic nitrogens is 6. The monoisotopic (exact) mass is 802 g/mol. The first-order valence-electron chi connectivity index (χ1n) is 16.6. The number of piperidine rings is 2. The normalized spacial score (nSPS) is 15.6. The highest BCUT2D eigenvalue weighted by Crippen LogP contribution is 2.29. The van der Waals surface area contributed by atoms with Gasteiger partial charge in [0, 0.05) is 32.6 Å². The van der Waals surface area contributed by atoms with Gasteiger partial charge in [-0.25, -0.2) is 19.3 Å². The van der Waals surface area contributed by atoms with Crippen LogP contribution in [0.1, 0.15) is 48.6 Å². The summed E-state index contributed by atoms with van der Waals surface area (Å²) < 4.78 is 2.79. The van der Waals surface area contributed by atoms with Gasteiger partial charge in [-0.15, -0.1) is 0 Å². The van der Waals surface area contributed by atoms with E-state index in [9.17, 15) is 19.6 Å². The Morgan fingerprint density at radius 2 is 1.25 bits per heavy atom. The molecular formula is C32H43B2BrCl2N10O4. The van der Waals surface area contributed by atoms with Crippen molar-refractivity contribution in [2.75, 3.05) is 37.2 Å². The van der Waals surface area contributed by atoms with E-state index in [2.05, 4.69) is 57.1 Å². The molecule has 0 spiro atoms. The number of nitrogens with two attached hydrogens (primary N) is 1. The Morgan fingerprint density at radius 3 is 1.69 bits per heavy atom. The maximum absolute atomic E-state index is 12.1. The highest BCUT2D eigenvalue weighted by molar-refractivity contribution is 9.10. The number of nitrogen functional groups attached to an aromatic ring is 1. The fourth-order valence-electron chi connectivity index (χ4n) is 5.93. The van der Waals surface area contributed by atoms with Crippen LogP contribution >= 0.6 is 39.1 Å². The quantitative estimate of drug-likeness (QED) is 0.206. The molecule has 272 valence electrons. The van der Waals surface area contributed by atoms with Gasteiger partial charge in [0.15, 0.2) is 10.3 Å². The van der Waals surface area contributed by atoms with Gasteiger partial charge in [0.05, 0.1) is 4.47 Å². The Hall–Kier alpha value is -3.31. The number of rotatable bonds is 6. The minimum atomic E-state index is -0.388. The highest BCUT2D eigenvalue weighted by Gasteiger charge is 2.26. The first kappa shape index (κ1) is 40.5. The summed E-state index contributed by atoms with van der Waals surface area (Å²) in [6.45, 7) is 7.30. The number of pyridine rings is 2. The van der Waals surface area contributed by atoms with Crippen LogP contribution in [0.5, 0.6) is 0 Å². The molecule has 4 aromatic heterocycles. The second-order valence-corrected chi connectivity index (χ2v) is 14.2. The fraction of sp³-hybridized carbons (Fsp3) is 0.438. The van der Waals surface area contributed by atoms with Crippen LogP contribution in [-0.4, -0.2) is 89.5 Å². The topological polar surface area (TPSA) is 181 Å². The van der Waals surface area contributed by atoms with Gasteiger partial charge in [-0.1, -0.05) is 35.3 Å². The number of nitrogens with one attached hydrogen (secondary N) is 1. The molecule has 2 aliphatic heterocycles. The van der Waals surface area contributed by atoms with E-state index in [0.717, 1.165) is 51.9 Å². The lowest BCUT2D eigenvalue weighted by atomic mass is 9.80. The lowest BCUT2D eigenvalue weighted by Crippen LogP contribution is -2.42. The average Bonchev–Trinajstić information content (AvgIpc) is 3.10. The highest BCUT2D eigenvalue weighted by atomic mass is 79.9. The van der Waals surface area contributed by atoms with E-state index < -0.39 is 0 Å². The van der Waals surface area contributed by atoms with Gasteiger partial charge < -0.3 is 30.7 Å². The first-order chi connectivity index (χ1) is 24.2. The molecule has 6 heterocycles. The van der Waals surface area contributed by atoms with Gasteiger partial charge in [0.25, 0.3) is 11.1 Å². The van der Waals surface area contributed by atoms with Crippen molar-refractivity contribution in [3.8, 4) is 0 Å². The number of halogens is 3. The van der Waals surface area contributed by atoms with Crippen molar-refractivity contribution in [3.63, 3.8) is 0 Å². The Bertz CT molecular complexity index is 1810. The summed E-state index contributed by atoms with van der Waals surface area (Å²) in [6, 6.07) is 10.8. The second-order valence-electron chi connectivity index (χ2n) is 12.6. The van der Waals surface area contributed by atoms with E-state index in [-0.39, 0.29) is 30.4 Å². The number of hydrogen-bond donors (Lipinski definition) is 4. The zero-order valence-corrected chi connectivity index (χ0v) is 32.2. The van der Waals surface area contributed by atoms with E-state index in [1.54, 1.807) is 20.9 Å². The summed E-state index contributed by atoms with van der Waals surface area (Å²) in [5.41, 5.74) is 7.89. The van der Waals surface area contributed by atoms with E-state index in [0.29, 0.717) is 38.8 Å². The number of hydrogen-bond acceptors (Lipinski definition) is 12. The van der Waals surface area contributed by atoms with E-state index in [1.165, 1.54) is 32.6 Å². The van der Waals surface area contributed by atoms with Crippen molar-refractivity contribution in [2.45, 2.75) is 51.2 Å². The lowest BCUT2D eigenvalue weighted by molar-refractivity contribution is 0.289. The third-order valence-corrected chi connectivity index (χ3v) is 9.88. The van der Waals surface area contributed by atoms with Gasteiger partial charge in [-0.05, 0) is 123 Å². The smallest absolute Gasteiger partial charge is 0.376 e. The van der Waals surface area contributed by atoms with Crippen molar-refractivity contribution < 1.29 is 10.0 Å². The molecule has 0 atom stereocenters. The van der Waals surface area contributed by atoms with E-state index in [1.807, 2.05) is 37.4 Å². The van der Waals surface area contributed by atoms with Crippen LogP contribution < -0.4 is 22.2 Å². The predicted molar refractivity (Wildman–Crippen MR) is 208 cm³/mol. The Balaban J connectivity index is 0.000000191. The van der Waals surface area contributed by atoms with Crippen molar-refractivity contribution in [1.82, 2.24) is 39.2 Å². The molecular weight excluding hydrogens is 761 g/mol. The minimum absolute atomic E-state index is 0.190. The second kappa shape index (κ2) is 19.0. The van der Waals surface area contributed by atoms with Gasteiger partial charge in [-0.2, -0.15) is 10.2 Å². The molecule has 14 nitrogen and oxygen atoms in total.